The highest BCUT2D eigenvalue weighted by Crippen LogP contribution is 2.56. The number of nitrogens with zero attached hydrogens (tertiary/aromatic N) is 1. The van der Waals surface area contributed by atoms with Crippen LogP contribution in [0.15, 0.2) is 89.8 Å². The zero-order valence-electron chi connectivity index (χ0n) is 17.7. The van der Waals surface area contributed by atoms with Crippen molar-refractivity contribution >= 4 is 45.6 Å². The highest BCUT2D eigenvalue weighted by molar-refractivity contribution is 8.28. The van der Waals surface area contributed by atoms with Crippen LogP contribution in [0, 0.1) is 0 Å². The molecule has 4 aromatic carbocycles. The van der Waals surface area contributed by atoms with Crippen molar-refractivity contribution in [3.63, 3.8) is 0 Å². The Morgan fingerprint density at radius 2 is 1.52 bits per heavy atom. The molecule has 0 saturated carbocycles. The first-order valence-electron chi connectivity index (χ1n) is 11.1. The van der Waals surface area contributed by atoms with Gasteiger partial charge < -0.3 is 4.90 Å². The van der Waals surface area contributed by atoms with Crippen molar-refractivity contribution in [2.75, 3.05) is 4.90 Å². The third-order valence-corrected chi connectivity index (χ3v) is 8.96. The zero-order chi connectivity index (χ0) is 20.7. The molecule has 31 heavy (non-hydrogen) atoms. The predicted molar refractivity (Wildman–Crippen MR) is 134 cm³/mol. The van der Waals surface area contributed by atoms with Gasteiger partial charge in [-0.3, -0.25) is 0 Å². The summed E-state index contributed by atoms with van der Waals surface area (Å²) in [4.78, 5) is 3.94. The minimum atomic E-state index is 0.00984. The Kier molecular flexibility index (Phi) is 3.48. The van der Waals surface area contributed by atoms with Crippen molar-refractivity contribution in [1.82, 2.24) is 0 Å². The quantitative estimate of drug-likeness (QED) is 0.332. The first kappa shape index (κ1) is 17.7. The smallest absolute Gasteiger partial charge is 0.285 e. The van der Waals surface area contributed by atoms with Gasteiger partial charge in [-0.05, 0) is 57.8 Å². The van der Waals surface area contributed by atoms with E-state index in [0.717, 1.165) is 6.42 Å². The summed E-state index contributed by atoms with van der Waals surface area (Å²) in [5, 5.41) is 0. The fourth-order valence-corrected chi connectivity index (χ4v) is 7.33. The molecule has 3 heteroatoms. The molecule has 0 aromatic heterocycles. The van der Waals surface area contributed by atoms with Crippen LogP contribution >= 0.6 is 11.6 Å². The van der Waals surface area contributed by atoms with E-state index in [0.29, 0.717) is 5.99 Å². The second-order valence-corrected chi connectivity index (χ2v) is 10.2. The first-order valence-corrected chi connectivity index (χ1v) is 12.0. The molecule has 1 nitrogen and oxygen atoms in total. The zero-order valence-corrected chi connectivity index (χ0v) is 18.5. The molecular formula is C28H22BNS. The molecule has 3 heterocycles. The van der Waals surface area contributed by atoms with Crippen molar-refractivity contribution in [3.05, 3.63) is 96.1 Å². The van der Waals surface area contributed by atoms with E-state index in [1.54, 1.807) is 0 Å². The van der Waals surface area contributed by atoms with Gasteiger partial charge in [0.15, 0.2) is 0 Å². The molecule has 0 amide bonds. The Bertz CT molecular complexity index is 1390. The largest absolute Gasteiger partial charge is 0.311 e. The molecular weight excluding hydrogens is 393 g/mol. The van der Waals surface area contributed by atoms with Crippen LogP contribution in [-0.4, -0.2) is 5.99 Å². The maximum atomic E-state index is 2.56. The Morgan fingerprint density at radius 3 is 2.39 bits per heavy atom. The lowest BCUT2D eigenvalue weighted by atomic mass is 9.53. The number of hydrogen-bond acceptors (Lipinski definition) is 2. The number of anilines is 3. The molecule has 0 aliphatic carbocycles. The Hall–Kier alpha value is -2.91. The maximum absolute atomic E-state index is 2.56. The van der Waals surface area contributed by atoms with E-state index >= 15 is 0 Å². The lowest BCUT2D eigenvalue weighted by molar-refractivity contribution is 0.545. The Morgan fingerprint density at radius 1 is 0.774 bits per heavy atom. The van der Waals surface area contributed by atoms with Gasteiger partial charge in [0.2, 0.25) is 0 Å². The van der Waals surface area contributed by atoms with Gasteiger partial charge in [-0.25, -0.2) is 0 Å². The molecule has 0 N–H and O–H groups in total. The molecule has 0 radical (unpaired) electrons. The molecule has 1 unspecified atom stereocenters. The van der Waals surface area contributed by atoms with Crippen molar-refractivity contribution in [2.45, 2.75) is 30.6 Å². The normalized spacial score (nSPS) is 19.3. The summed E-state index contributed by atoms with van der Waals surface area (Å²) in [6.07, 6.45) is 1.08. The number of para-hydroxylation sites is 2. The second kappa shape index (κ2) is 6.08. The summed E-state index contributed by atoms with van der Waals surface area (Å²) in [7, 11) is 0. The third kappa shape index (κ3) is 2.10. The Labute approximate surface area is 188 Å². The van der Waals surface area contributed by atoms with E-state index in [1.807, 2.05) is 11.6 Å². The molecule has 3 aliphatic heterocycles. The van der Waals surface area contributed by atoms with Crippen LogP contribution in [0.2, 0.25) is 0 Å². The van der Waals surface area contributed by atoms with E-state index < -0.39 is 0 Å². The average molecular weight is 415 g/mol. The highest BCUT2D eigenvalue weighted by atomic mass is 32.2. The van der Waals surface area contributed by atoms with Crippen LogP contribution in [0.3, 0.4) is 0 Å². The SMILES string of the molecule is CCC1(C)c2ccccc2N2c3ccccc3B3Sc4ccccc4-c4ccc1c2c43. The van der Waals surface area contributed by atoms with Crippen LogP contribution < -0.4 is 15.8 Å². The Balaban J connectivity index is 1.66. The van der Waals surface area contributed by atoms with E-state index in [2.05, 4.69) is 104 Å². The molecule has 0 fully saturated rings. The summed E-state index contributed by atoms with van der Waals surface area (Å²) in [6.45, 7) is 4.76. The van der Waals surface area contributed by atoms with E-state index in [-0.39, 0.29) is 5.41 Å². The number of benzene rings is 4. The lowest BCUT2D eigenvalue weighted by Gasteiger charge is -2.49. The van der Waals surface area contributed by atoms with Gasteiger partial charge in [0.05, 0.1) is 5.69 Å². The van der Waals surface area contributed by atoms with Gasteiger partial charge in [0.25, 0.3) is 5.99 Å². The molecule has 7 rings (SSSR count). The van der Waals surface area contributed by atoms with Crippen LogP contribution in [-0.2, 0) is 5.41 Å². The number of fused-ring (bicyclic) bond motifs is 7. The van der Waals surface area contributed by atoms with Crippen LogP contribution in [0.1, 0.15) is 31.4 Å². The molecule has 0 bridgehead atoms. The van der Waals surface area contributed by atoms with Gasteiger partial charge in [0.1, 0.15) is 0 Å². The molecule has 0 saturated heterocycles. The van der Waals surface area contributed by atoms with Gasteiger partial charge >= 0.3 is 0 Å². The molecule has 4 aromatic rings. The lowest BCUT2D eigenvalue weighted by Crippen LogP contribution is -2.52. The van der Waals surface area contributed by atoms with Crippen LogP contribution in [0.25, 0.3) is 11.1 Å². The van der Waals surface area contributed by atoms with Gasteiger partial charge in [-0.2, -0.15) is 11.6 Å². The topological polar surface area (TPSA) is 3.24 Å². The highest BCUT2D eigenvalue weighted by Gasteiger charge is 2.47. The van der Waals surface area contributed by atoms with Crippen molar-refractivity contribution < 1.29 is 0 Å². The van der Waals surface area contributed by atoms with Crippen molar-refractivity contribution in [2.24, 2.45) is 0 Å². The van der Waals surface area contributed by atoms with Crippen molar-refractivity contribution in [1.29, 1.82) is 0 Å². The number of hydrogen-bond donors (Lipinski definition) is 0. The summed E-state index contributed by atoms with van der Waals surface area (Å²) in [5.41, 5.74) is 12.7. The average Bonchev–Trinajstić information content (AvgIpc) is 2.83. The van der Waals surface area contributed by atoms with Gasteiger partial charge in [-0.15, -0.1) is 0 Å². The van der Waals surface area contributed by atoms with E-state index in [1.165, 1.54) is 55.1 Å². The van der Waals surface area contributed by atoms with Crippen LogP contribution in [0.4, 0.5) is 17.1 Å². The van der Waals surface area contributed by atoms with Crippen molar-refractivity contribution in [3.8, 4) is 11.1 Å². The number of rotatable bonds is 1. The van der Waals surface area contributed by atoms with E-state index in [4.69, 9.17) is 0 Å². The first-order chi connectivity index (χ1) is 15.2. The monoisotopic (exact) mass is 415 g/mol. The standard InChI is InChI=1S/C28H22BNS/c1-3-28(2)20-11-5-7-13-23(20)30-24-14-8-6-12-22(24)29-26-19(16-17-21(28)27(26)30)18-10-4-9-15-25(18)31-29/h4-17H,3H2,1-2H3. The minimum Gasteiger partial charge on any atom is -0.311 e. The van der Waals surface area contributed by atoms with E-state index in [9.17, 15) is 0 Å². The fraction of sp³-hybridized carbons (Fsp3) is 0.143. The molecule has 1 atom stereocenters. The minimum absolute atomic E-state index is 0.00984. The van der Waals surface area contributed by atoms with Crippen LogP contribution in [0.5, 0.6) is 0 Å². The summed E-state index contributed by atoms with van der Waals surface area (Å²) in [5.74, 6) is 0.332. The second-order valence-electron chi connectivity index (χ2n) is 9.01. The fourth-order valence-electron chi connectivity index (χ4n) is 5.94. The summed E-state index contributed by atoms with van der Waals surface area (Å²) >= 11 is 2.02. The molecule has 0 spiro atoms. The molecule has 3 aliphatic rings. The summed E-state index contributed by atoms with van der Waals surface area (Å²) in [6, 6.07) is 31.8. The predicted octanol–water partition coefficient (Wildman–Crippen LogP) is 6.38. The molecule has 148 valence electrons. The van der Waals surface area contributed by atoms with Gasteiger partial charge in [0, 0.05) is 21.7 Å². The maximum Gasteiger partial charge on any atom is 0.285 e. The summed E-state index contributed by atoms with van der Waals surface area (Å²) < 4.78 is 0. The third-order valence-electron chi connectivity index (χ3n) is 7.63. The van der Waals surface area contributed by atoms with Gasteiger partial charge in [-0.1, -0.05) is 80.6 Å².